The van der Waals surface area contributed by atoms with Gasteiger partial charge in [-0.1, -0.05) is 0 Å². The van der Waals surface area contributed by atoms with Crippen molar-refractivity contribution >= 4 is 23.0 Å². The summed E-state index contributed by atoms with van der Waals surface area (Å²) in [4.78, 5) is 1.57. The van der Waals surface area contributed by atoms with Gasteiger partial charge in [-0.25, -0.2) is 0 Å². The average molecular weight is 332 g/mol. The normalized spacial score (nSPS) is 10.8. The Morgan fingerprint density at radius 2 is 1.86 bits per heavy atom. The summed E-state index contributed by atoms with van der Waals surface area (Å²) in [5.41, 5.74) is 0.730. The van der Waals surface area contributed by atoms with Gasteiger partial charge in [-0.05, 0) is 50.3 Å². The molecule has 0 spiro atoms. The summed E-state index contributed by atoms with van der Waals surface area (Å²) in [6.07, 6.45) is 1.04. The Morgan fingerprint density at radius 1 is 1.23 bits per heavy atom. The summed E-state index contributed by atoms with van der Waals surface area (Å²) in [5, 5.41) is 6.67. The zero-order valence-electron chi connectivity index (χ0n) is 13.0. The van der Waals surface area contributed by atoms with Gasteiger partial charge in [0.2, 0.25) is 0 Å². The molecule has 124 valence electrons. The first-order valence-corrected chi connectivity index (χ1v) is 7.89. The van der Waals surface area contributed by atoms with Crippen LogP contribution in [0.3, 0.4) is 0 Å². The van der Waals surface area contributed by atoms with Crippen LogP contribution in [0, 0.1) is 0 Å². The second kappa shape index (κ2) is 10.3. The Bertz CT molecular complexity index is 439. The summed E-state index contributed by atoms with van der Waals surface area (Å²) in [6.45, 7) is 5.73. The molecule has 0 fully saturated rings. The van der Waals surface area contributed by atoms with E-state index in [4.69, 9.17) is 12.2 Å². The monoisotopic (exact) mass is 332 g/mol. The highest BCUT2D eigenvalue weighted by atomic mass is 32.1. The average Bonchev–Trinajstić information content (AvgIpc) is 2.49. The van der Waals surface area contributed by atoms with E-state index in [0.29, 0.717) is 5.11 Å². The Labute approximate surface area is 135 Å². The third-order valence-electron chi connectivity index (χ3n) is 3.33. The van der Waals surface area contributed by atoms with Crippen LogP contribution < -0.4 is 20.3 Å². The molecule has 0 unspecified atom stereocenters. The number of hydrogen-bond acceptors (Lipinski definition) is 2. The van der Waals surface area contributed by atoms with Crippen LogP contribution >= 0.6 is 12.2 Å². The highest BCUT2D eigenvalue weighted by Crippen LogP contribution is 2.17. The Hall–Kier alpha value is -1.47. The molecule has 0 aliphatic carbocycles. The van der Waals surface area contributed by atoms with E-state index >= 15 is 0 Å². The SMILES string of the molecule is CC[NH+](CC)CCCNC(=S)Nc1ccc(OC(F)F)cc1. The lowest BCUT2D eigenvalue weighted by atomic mass is 10.3. The first kappa shape index (κ1) is 18.6. The molecular weight excluding hydrogens is 308 g/mol. The van der Waals surface area contributed by atoms with Crippen molar-refractivity contribution in [2.75, 3.05) is 31.5 Å². The van der Waals surface area contributed by atoms with Crippen molar-refractivity contribution in [2.24, 2.45) is 0 Å². The lowest BCUT2D eigenvalue weighted by molar-refractivity contribution is -0.896. The molecule has 0 radical (unpaired) electrons. The maximum absolute atomic E-state index is 12.0. The topological polar surface area (TPSA) is 37.7 Å². The summed E-state index contributed by atoms with van der Waals surface area (Å²) in [5.74, 6) is 0.127. The number of thiocarbonyl (C=S) groups is 1. The molecule has 0 aliphatic rings. The molecule has 0 aliphatic heterocycles. The summed E-state index contributed by atoms with van der Waals surface area (Å²) >= 11 is 5.19. The van der Waals surface area contributed by atoms with Crippen LogP contribution in [-0.4, -0.2) is 37.9 Å². The molecule has 7 heteroatoms. The first-order chi connectivity index (χ1) is 10.5. The van der Waals surface area contributed by atoms with Crippen molar-refractivity contribution in [3.8, 4) is 5.75 Å². The van der Waals surface area contributed by atoms with Gasteiger partial charge < -0.3 is 20.3 Å². The molecule has 0 heterocycles. The molecule has 3 N–H and O–H groups in total. The van der Waals surface area contributed by atoms with Crippen molar-refractivity contribution in [2.45, 2.75) is 26.9 Å². The zero-order valence-corrected chi connectivity index (χ0v) is 13.8. The highest BCUT2D eigenvalue weighted by molar-refractivity contribution is 7.80. The van der Waals surface area contributed by atoms with E-state index in [9.17, 15) is 8.78 Å². The van der Waals surface area contributed by atoms with E-state index in [-0.39, 0.29) is 5.75 Å². The van der Waals surface area contributed by atoms with Crippen molar-refractivity contribution in [3.05, 3.63) is 24.3 Å². The van der Waals surface area contributed by atoms with E-state index in [1.165, 1.54) is 12.1 Å². The number of quaternary nitrogens is 1. The molecule has 0 atom stereocenters. The second-order valence-corrected chi connectivity index (χ2v) is 5.25. The molecule has 0 aromatic heterocycles. The predicted molar refractivity (Wildman–Crippen MR) is 88.8 cm³/mol. The van der Waals surface area contributed by atoms with E-state index in [1.807, 2.05) is 0 Å². The Balaban J connectivity index is 2.27. The van der Waals surface area contributed by atoms with Gasteiger partial charge in [0, 0.05) is 18.7 Å². The molecule has 4 nitrogen and oxygen atoms in total. The summed E-state index contributed by atoms with van der Waals surface area (Å²) < 4.78 is 28.4. The van der Waals surface area contributed by atoms with E-state index < -0.39 is 6.61 Å². The lowest BCUT2D eigenvalue weighted by Crippen LogP contribution is -3.11. The van der Waals surface area contributed by atoms with Gasteiger partial charge in [-0.2, -0.15) is 8.78 Å². The number of rotatable bonds is 9. The number of halogens is 2. The minimum Gasteiger partial charge on any atom is -0.435 e. The van der Waals surface area contributed by atoms with E-state index in [1.54, 1.807) is 17.0 Å². The fraction of sp³-hybridized carbons (Fsp3) is 0.533. The fourth-order valence-electron chi connectivity index (χ4n) is 2.04. The first-order valence-electron chi connectivity index (χ1n) is 7.48. The van der Waals surface area contributed by atoms with Crippen LogP contribution in [-0.2, 0) is 0 Å². The largest absolute Gasteiger partial charge is 0.435 e. The van der Waals surface area contributed by atoms with Crippen LogP contribution in [0.5, 0.6) is 5.75 Å². The molecule has 0 bridgehead atoms. The molecular formula is C15H24F2N3OS+. The summed E-state index contributed by atoms with van der Waals surface area (Å²) in [6, 6.07) is 6.24. The Kier molecular flexibility index (Phi) is 8.69. The van der Waals surface area contributed by atoms with E-state index in [0.717, 1.165) is 38.3 Å². The third-order valence-corrected chi connectivity index (χ3v) is 3.58. The van der Waals surface area contributed by atoms with Crippen LogP contribution in [0.4, 0.5) is 14.5 Å². The maximum atomic E-state index is 12.0. The van der Waals surface area contributed by atoms with Crippen LogP contribution in [0.2, 0.25) is 0 Å². The third kappa shape index (κ3) is 7.51. The number of alkyl halides is 2. The number of benzene rings is 1. The van der Waals surface area contributed by atoms with Crippen LogP contribution in [0.25, 0.3) is 0 Å². The minimum atomic E-state index is -2.81. The van der Waals surface area contributed by atoms with Gasteiger partial charge in [0.05, 0.1) is 19.6 Å². The smallest absolute Gasteiger partial charge is 0.387 e. The van der Waals surface area contributed by atoms with Crippen molar-refractivity contribution in [1.29, 1.82) is 0 Å². The standard InChI is InChI=1S/C15H23F2N3OS/c1-3-20(4-2)11-5-10-18-15(22)19-12-6-8-13(9-7-12)21-14(16)17/h6-9,14H,3-5,10-11H2,1-2H3,(H2,18,19,22)/p+1. The van der Waals surface area contributed by atoms with Gasteiger partial charge in [-0.3, -0.25) is 0 Å². The zero-order chi connectivity index (χ0) is 16.4. The predicted octanol–water partition coefficient (Wildman–Crippen LogP) is 1.89. The highest BCUT2D eigenvalue weighted by Gasteiger charge is 2.05. The number of ether oxygens (including phenoxy) is 1. The number of hydrogen-bond donors (Lipinski definition) is 3. The molecule has 0 saturated heterocycles. The lowest BCUT2D eigenvalue weighted by Gasteiger charge is -2.16. The molecule has 0 saturated carbocycles. The van der Waals surface area contributed by atoms with Gasteiger partial charge in [0.15, 0.2) is 5.11 Å². The van der Waals surface area contributed by atoms with Gasteiger partial charge in [0.1, 0.15) is 5.75 Å². The molecule has 1 rings (SSSR count). The quantitative estimate of drug-likeness (QED) is 0.477. The molecule has 1 aromatic rings. The van der Waals surface area contributed by atoms with Crippen molar-refractivity contribution in [3.63, 3.8) is 0 Å². The molecule has 22 heavy (non-hydrogen) atoms. The van der Waals surface area contributed by atoms with Crippen LogP contribution in [0.1, 0.15) is 20.3 Å². The summed E-state index contributed by atoms with van der Waals surface area (Å²) in [7, 11) is 0. The van der Waals surface area contributed by atoms with Crippen molar-refractivity contribution in [1.82, 2.24) is 5.32 Å². The van der Waals surface area contributed by atoms with Crippen molar-refractivity contribution < 1.29 is 18.4 Å². The second-order valence-electron chi connectivity index (χ2n) is 4.84. The Morgan fingerprint density at radius 3 is 2.41 bits per heavy atom. The minimum absolute atomic E-state index is 0.127. The van der Waals surface area contributed by atoms with E-state index in [2.05, 4.69) is 29.2 Å². The van der Waals surface area contributed by atoms with Gasteiger partial charge >= 0.3 is 6.61 Å². The fourth-order valence-corrected chi connectivity index (χ4v) is 2.26. The maximum Gasteiger partial charge on any atom is 0.387 e. The van der Waals surface area contributed by atoms with Gasteiger partial charge in [-0.15, -0.1) is 0 Å². The van der Waals surface area contributed by atoms with Crippen LogP contribution in [0.15, 0.2) is 24.3 Å². The number of nitrogens with one attached hydrogen (secondary N) is 3. The molecule has 0 amide bonds. The molecule has 1 aromatic carbocycles. The van der Waals surface area contributed by atoms with Gasteiger partial charge in [0.25, 0.3) is 0 Å². The number of anilines is 1.